The summed E-state index contributed by atoms with van der Waals surface area (Å²) in [7, 11) is 0. The fourth-order valence-electron chi connectivity index (χ4n) is 3.00. The molecule has 0 saturated carbocycles. The average Bonchev–Trinajstić information content (AvgIpc) is 2.61. The minimum atomic E-state index is -4.78. The molecule has 0 atom stereocenters. The van der Waals surface area contributed by atoms with E-state index in [2.05, 4.69) is 9.72 Å². The Hall–Kier alpha value is -2.83. The monoisotopic (exact) mass is 376 g/mol. The van der Waals surface area contributed by atoms with Crippen LogP contribution >= 0.6 is 0 Å². The lowest BCUT2D eigenvalue weighted by atomic mass is 10.0. The summed E-state index contributed by atoms with van der Waals surface area (Å²) in [5.74, 6) is -0.688. The molecule has 2 heterocycles. The van der Waals surface area contributed by atoms with Gasteiger partial charge in [0, 0.05) is 24.3 Å². The number of benzene rings is 1. The molecule has 1 fully saturated rings. The van der Waals surface area contributed by atoms with Gasteiger partial charge >= 0.3 is 6.36 Å². The molecular formula is C20H19F3N2O2. The lowest BCUT2D eigenvalue weighted by molar-refractivity contribution is -0.274. The first-order valence-corrected chi connectivity index (χ1v) is 8.58. The number of hydrogen-bond donors (Lipinski definition) is 0. The zero-order valence-corrected chi connectivity index (χ0v) is 14.8. The molecule has 0 aliphatic carbocycles. The first kappa shape index (κ1) is 18.9. The maximum Gasteiger partial charge on any atom is 0.573 e. The van der Waals surface area contributed by atoms with E-state index in [1.54, 1.807) is 4.90 Å². The lowest BCUT2D eigenvalue weighted by Gasteiger charge is -2.28. The van der Waals surface area contributed by atoms with Crippen LogP contribution in [0.1, 0.15) is 34.6 Å². The number of rotatable bonds is 3. The number of likely N-dealkylation sites (tertiary alicyclic amines) is 1. The zero-order valence-electron chi connectivity index (χ0n) is 14.8. The Morgan fingerprint density at radius 2 is 1.85 bits per heavy atom. The van der Waals surface area contributed by atoms with Crippen molar-refractivity contribution in [1.82, 2.24) is 9.88 Å². The minimum absolute atomic E-state index is 0.185. The number of aryl methyl sites for hydroxylation is 1. The average molecular weight is 376 g/mol. The molecule has 1 aromatic heterocycles. The molecule has 0 bridgehead atoms. The van der Waals surface area contributed by atoms with Gasteiger partial charge in [0.25, 0.3) is 5.91 Å². The molecule has 1 aliphatic rings. The first-order chi connectivity index (χ1) is 12.8. The summed E-state index contributed by atoms with van der Waals surface area (Å²) in [5, 5.41) is 0. The van der Waals surface area contributed by atoms with Gasteiger partial charge < -0.3 is 9.64 Å². The van der Waals surface area contributed by atoms with Crippen LogP contribution in [0.25, 0.3) is 6.08 Å². The van der Waals surface area contributed by atoms with E-state index < -0.39 is 12.1 Å². The summed E-state index contributed by atoms with van der Waals surface area (Å²) in [5.41, 5.74) is 3.22. The van der Waals surface area contributed by atoms with E-state index in [0.29, 0.717) is 25.9 Å². The van der Waals surface area contributed by atoms with Crippen LogP contribution in [-0.2, 0) is 0 Å². The normalized spacial score (nSPS) is 14.8. The minimum Gasteiger partial charge on any atom is -0.406 e. The van der Waals surface area contributed by atoms with Gasteiger partial charge in [-0.1, -0.05) is 17.7 Å². The Morgan fingerprint density at radius 1 is 1.15 bits per heavy atom. The highest BCUT2D eigenvalue weighted by Crippen LogP contribution is 2.25. The fourth-order valence-corrected chi connectivity index (χ4v) is 3.00. The Kier molecular flexibility index (Phi) is 5.48. The lowest BCUT2D eigenvalue weighted by Crippen LogP contribution is -2.36. The maximum atomic E-state index is 12.6. The van der Waals surface area contributed by atoms with Crippen LogP contribution in [0, 0.1) is 6.92 Å². The van der Waals surface area contributed by atoms with Gasteiger partial charge in [-0.15, -0.1) is 13.2 Å². The Balaban J connectivity index is 1.64. The third-order valence-electron chi connectivity index (χ3n) is 4.27. The molecule has 0 unspecified atom stereocenters. The molecule has 27 heavy (non-hydrogen) atoms. The van der Waals surface area contributed by atoms with Crippen molar-refractivity contribution >= 4 is 12.0 Å². The molecule has 3 rings (SSSR count). The number of hydrogen-bond acceptors (Lipinski definition) is 3. The Labute approximate surface area is 155 Å². The van der Waals surface area contributed by atoms with Gasteiger partial charge in [-0.05, 0) is 56.2 Å². The Bertz CT molecular complexity index is 852. The molecule has 1 aliphatic heterocycles. The van der Waals surface area contributed by atoms with Gasteiger partial charge in [0.1, 0.15) is 5.75 Å². The van der Waals surface area contributed by atoms with Gasteiger partial charge in [-0.2, -0.15) is 0 Å². The maximum absolute atomic E-state index is 12.6. The van der Waals surface area contributed by atoms with Crippen molar-refractivity contribution in [3.05, 3.63) is 65.0 Å². The molecule has 1 aromatic carbocycles. The smallest absolute Gasteiger partial charge is 0.406 e. The topological polar surface area (TPSA) is 42.4 Å². The number of carbonyl (C=O) groups is 1. The standard InChI is InChI=1S/C20H19F3N2O2/c1-14-4-2-6-17(24-14)12-15-8-10-25(11-9-15)19(26)16-5-3-7-18(13-16)27-20(21,22)23/h2-7,12-13H,8-11H2,1H3. The van der Waals surface area contributed by atoms with Crippen LogP contribution in [0.5, 0.6) is 5.75 Å². The predicted octanol–water partition coefficient (Wildman–Crippen LogP) is 4.61. The highest BCUT2D eigenvalue weighted by Gasteiger charge is 2.31. The summed E-state index contributed by atoms with van der Waals surface area (Å²) < 4.78 is 40.9. The third kappa shape index (κ3) is 5.32. The van der Waals surface area contributed by atoms with Gasteiger partial charge in [-0.3, -0.25) is 9.78 Å². The number of aromatic nitrogens is 1. The molecule has 0 N–H and O–H groups in total. The van der Waals surface area contributed by atoms with Crippen LogP contribution in [0.3, 0.4) is 0 Å². The quantitative estimate of drug-likeness (QED) is 0.786. The first-order valence-electron chi connectivity index (χ1n) is 8.58. The number of carbonyl (C=O) groups excluding carboxylic acids is 1. The van der Waals surface area contributed by atoms with E-state index in [-0.39, 0.29) is 11.5 Å². The highest BCUT2D eigenvalue weighted by molar-refractivity contribution is 5.94. The number of alkyl halides is 3. The van der Waals surface area contributed by atoms with Crippen molar-refractivity contribution in [1.29, 1.82) is 0 Å². The zero-order chi connectivity index (χ0) is 19.4. The van der Waals surface area contributed by atoms with Crippen LogP contribution in [0.15, 0.2) is 48.0 Å². The van der Waals surface area contributed by atoms with Crippen LogP contribution < -0.4 is 4.74 Å². The van der Waals surface area contributed by atoms with Gasteiger partial charge in [0.15, 0.2) is 0 Å². The second kappa shape index (κ2) is 7.82. The summed E-state index contributed by atoms with van der Waals surface area (Å²) in [6.45, 7) is 2.96. The molecule has 4 nitrogen and oxygen atoms in total. The molecule has 0 radical (unpaired) electrons. The number of amides is 1. The van der Waals surface area contributed by atoms with E-state index in [0.717, 1.165) is 17.5 Å². The van der Waals surface area contributed by atoms with Crippen LogP contribution in [-0.4, -0.2) is 35.2 Å². The summed E-state index contributed by atoms with van der Waals surface area (Å²) in [4.78, 5) is 18.7. The fraction of sp³-hybridized carbons (Fsp3) is 0.300. The summed E-state index contributed by atoms with van der Waals surface area (Å²) >= 11 is 0. The summed E-state index contributed by atoms with van der Waals surface area (Å²) in [6.07, 6.45) is -1.33. The third-order valence-corrected chi connectivity index (χ3v) is 4.27. The second-order valence-corrected chi connectivity index (χ2v) is 6.37. The van der Waals surface area contributed by atoms with E-state index in [1.807, 2.05) is 31.2 Å². The molecular weight excluding hydrogens is 357 g/mol. The molecule has 7 heteroatoms. The molecule has 142 valence electrons. The number of pyridine rings is 1. The van der Waals surface area contributed by atoms with Crippen LogP contribution in [0.2, 0.25) is 0 Å². The number of ether oxygens (including phenoxy) is 1. The highest BCUT2D eigenvalue weighted by atomic mass is 19.4. The van der Waals surface area contributed by atoms with E-state index in [9.17, 15) is 18.0 Å². The molecule has 1 amide bonds. The molecule has 1 saturated heterocycles. The van der Waals surface area contributed by atoms with Crippen molar-refractivity contribution in [2.75, 3.05) is 13.1 Å². The van der Waals surface area contributed by atoms with Gasteiger partial charge in [-0.25, -0.2) is 0 Å². The molecule has 2 aromatic rings. The van der Waals surface area contributed by atoms with Crippen molar-refractivity contribution < 1.29 is 22.7 Å². The number of halogens is 3. The summed E-state index contributed by atoms with van der Waals surface area (Å²) in [6, 6.07) is 11.0. The van der Waals surface area contributed by atoms with Crippen molar-refractivity contribution in [3.63, 3.8) is 0 Å². The van der Waals surface area contributed by atoms with Crippen LogP contribution in [0.4, 0.5) is 13.2 Å². The molecule has 0 spiro atoms. The van der Waals surface area contributed by atoms with Crippen molar-refractivity contribution in [3.8, 4) is 5.75 Å². The van der Waals surface area contributed by atoms with E-state index in [4.69, 9.17) is 0 Å². The van der Waals surface area contributed by atoms with Gasteiger partial charge in [0.2, 0.25) is 0 Å². The van der Waals surface area contributed by atoms with E-state index in [1.165, 1.54) is 23.8 Å². The van der Waals surface area contributed by atoms with Crippen molar-refractivity contribution in [2.24, 2.45) is 0 Å². The van der Waals surface area contributed by atoms with Gasteiger partial charge in [0.05, 0.1) is 5.69 Å². The Morgan fingerprint density at radius 3 is 2.52 bits per heavy atom. The van der Waals surface area contributed by atoms with Crippen molar-refractivity contribution in [2.45, 2.75) is 26.1 Å². The number of nitrogens with zero attached hydrogens (tertiary/aromatic N) is 2. The largest absolute Gasteiger partial charge is 0.573 e. The SMILES string of the molecule is Cc1cccc(C=C2CCN(C(=O)c3cccc(OC(F)(F)F)c3)CC2)n1. The second-order valence-electron chi connectivity index (χ2n) is 6.37. The number of piperidine rings is 1. The predicted molar refractivity (Wildman–Crippen MR) is 95.2 cm³/mol. The van der Waals surface area contributed by atoms with E-state index >= 15 is 0 Å².